The number of benzene rings is 3. The molecule has 43 heteroatoms. The van der Waals surface area contributed by atoms with E-state index in [0.717, 1.165) is 10.9 Å². The second-order valence-corrected chi connectivity index (χ2v) is 35.8. The maximum atomic E-state index is 14.8. The van der Waals surface area contributed by atoms with Crippen LogP contribution < -0.4 is 103 Å². The lowest BCUT2D eigenvalue weighted by atomic mass is 9.96. The minimum absolute atomic E-state index is 0.00328. The van der Waals surface area contributed by atoms with Gasteiger partial charge in [-0.15, -0.1) is 0 Å². The molecular formula is C91H140N20O22S. The molecule has 42 nitrogen and oxygen atoms in total. The van der Waals surface area contributed by atoms with Gasteiger partial charge in [0.1, 0.15) is 96.1 Å². The molecule has 28 N–H and O–H groups in total. The Labute approximate surface area is 784 Å². The normalized spacial score (nSPS) is 14.9. The van der Waals surface area contributed by atoms with Gasteiger partial charge in [-0.3, -0.25) is 86.3 Å². The Morgan fingerprint density at radius 2 is 0.799 bits per heavy atom. The zero-order valence-corrected chi connectivity index (χ0v) is 79.2. The number of carboxylic acid groups (broad SMARTS) is 1. The monoisotopic (exact) mass is 1900 g/mol. The van der Waals surface area contributed by atoms with Crippen LogP contribution in [-0.2, 0) is 106 Å². The van der Waals surface area contributed by atoms with Crippen molar-refractivity contribution in [2.75, 3.05) is 31.6 Å². The van der Waals surface area contributed by atoms with E-state index in [1.54, 1.807) is 60.1 Å². The number of thioether (sulfide) groups is 1. The van der Waals surface area contributed by atoms with Gasteiger partial charge in [-0.1, -0.05) is 104 Å². The number of hydrogen-bond donors (Lipinski definition) is 24. The molecule has 4 aromatic rings. The van der Waals surface area contributed by atoms with Crippen molar-refractivity contribution >= 4 is 129 Å². The van der Waals surface area contributed by atoms with Crippen molar-refractivity contribution in [1.29, 1.82) is 0 Å². The first kappa shape index (κ1) is 114. The summed E-state index contributed by atoms with van der Waals surface area (Å²) in [7, 11) is 0. The number of phenolic OH excluding ortho intramolecular Hbond substituents is 2. The Kier molecular flexibility index (Phi) is 49.7. The number of H-pyrrole nitrogens is 1. The molecule has 0 spiro atoms. The number of aliphatic hydroxyl groups is 1. The number of nitrogens with one attached hydrogen (secondary N) is 16. The number of amides is 17. The molecule has 3 aromatic carbocycles. The summed E-state index contributed by atoms with van der Waals surface area (Å²) in [6.45, 7) is 17.0. The molecule has 0 fully saturated rings. The Bertz CT molecular complexity index is 4590. The lowest BCUT2D eigenvalue weighted by Gasteiger charge is -2.30. The number of para-hydroxylation sites is 1. The van der Waals surface area contributed by atoms with Crippen molar-refractivity contribution in [3.8, 4) is 11.5 Å². The summed E-state index contributed by atoms with van der Waals surface area (Å²) >= 11 is 1.29. The summed E-state index contributed by atoms with van der Waals surface area (Å²) in [5.41, 5.74) is 24.8. The third-order valence-electron chi connectivity index (χ3n) is 21.9. The number of primary amides is 2. The van der Waals surface area contributed by atoms with E-state index >= 15 is 0 Å². The number of hydrogen-bond acceptors (Lipinski definition) is 24. The van der Waals surface area contributed by atoms with E-state index in [2.05, 4.69) is 84.7 Å². The lowest BCUT2D eigenvalue weighted by molar-refractivity contribution is -0.139. The van der Waals surface area contributed by atoms with Gasteiger partial charge in [0.2, 0.25) is 100 Å². The summed E-state index contributed by atoms with van der Waals surface area (Å²) in [6, 6.07) is -2.25. The van der Waals surface area contributed by atoms with Crippen LogP contribution in [-0.4, -0.2) is 254 Å². The fourth-order valence-corrected chi connectivity index (χ4v) is 14.8. The molecule has 16 atom stereocenters. The Morgan fingerprint density at radius 1 is 0.410 bits per heavy atom. The minimum Gasteiger partial charge on any atom is -0.508 e. The third-order valence-corrected chi connectivity index (χ3v) is 22.5. The standard InChI is InChI=1S/C91H140N20O22S/c1-13-51(8)76(90(132)104-63(23-17-19-38-93)82(124)109-72(89(131)105-67(78(95)120)40-48(2)3)45-57-46-96-61-21-15-14-20-60(57)61)110-91(133)77(53(10)112)111-79(121)52(9)98-86(128)70(43-55-24-28-58(114)29-25-55)100-74(117)47-97-80(122)68(41-49(4)5)106-84(126)65(33-35-75(118)119)102-87(129)69(42-50(6)7)107-88(130)71(44-56-26-30-59(115)31-27-56)108-85(127)66(36-39-134-12)103-83(125)64(32-34-73(94)116)101-81(123)62(99-54(11)113)22-16-18-37-92/h14-15,20-21,24-31,46,48-53,62-72,76-77,96,112,114-115H,13,16-19,22-23,32-45,47,92-93H2,1-12H3,(H2,94,116)(H2,95,120)(H,97,122)(H,98,128)(H,99,113)(H,100,117)(H,101,123)(H,102,129)(H,103,125)(H,104,132)(H,105,131)(H,106,126)(H,107,130)(H,108,127)(H,109,124)(H,110,133)(H,111,121)(H,118,119)/t51-,52-,53+,62-,63-,64-,65-,66-,67-,68-,69-,70-,71-,72-,76-,77-/m0/s1. The van der Waals surface area contributed by atoms with Gasteiger partial charge in [0, 0.05) is 56.1 Å². The summed E-state index contributed by atoms with van der Waals surface area (Å²) < 4.78 is 0. The number of carbonyl (C=O) groups excluding carboxylic acids is 17. The number of unbranched alkanes of at least 4 members (excludes halogenated alkanes) is 2. The molecule has 0 aliphatic carbocycles. The van der Waals surface area contributed by atoms with Gasteiger partial charge < -0.3 is 128 Å². The number of aliphatic hydroxyl groups excluding tert-OH is 1. The van der Waals surface area contributed by atoms with Crippen LogP contribution in [0, 0.1) is 23.7 Å². The highest BCUT2D eigenvalue weighted by molar-refractivity contribution is 7.98. The molecule has 0 saturated carbocycles. The summed E-state index contributed by atoms with van der Waals surface area (Å²) in [5.74, 6) is -18.4. The molecule has 0 radical (unpaired) electrons. The number of aromatic hydroxyl groups is 2. The van der Waals surface area contributed by atoms with Gasteiger partial charge in [0.05, 0.1) is 12.6 Å². The average molecular weight is 1900 g/mol. The molecule has 17 amide bonds. The molecule has 4 rings (SSSR count). The van der Waals surface area contributed by atoms with E-state index in [1.807, 2.05) is 32.0 Å². The van der Waals surface area contributed by atoms with Gasteiger partial charge in [-0.05, 0) is 187 Å². The number of fused-ring (bicyclic) bond motifs is 1. The SMILES string of the molecule is CC[C@H](C)[C@H](NC(=O)[C@@H](NC(=O)[C@H](C)NC(=O)[C@H](Cc1ccc(O)cc1)NC(=O)CNC(=O)[C@H](CC(C)C)NC(=O)[C@H](CCC(=O)O)NC(=O)[C@H](CC(C)C)NC(=O)[C@H](Cc1ccc(O)cc1)NC(=O)[C@H](CCSC)NC(=O)[C@H](CCC(N)=O)NC(=O)[C@H](CCCCN)NC(C)=O)[C@@H](C)O)C(=O)N[C@@H](CCCCN)C(=O)N[C@@H](Cc1c[nH]c2ccccc12)C(=O)N[C@@H](CC(C)C)C(N)=O. The highest BCUT2D eigenvalue weighted by atomic mass is 32.2. The molecular weight excluding hydrogens is 1760 g/mol. The van der Waals surface area contributed by atoms with Crippen molar-refractivity contribution < 1.29 is 107 Å². The van der Waals surface area contributed by atoms with Gasteiger partial charge in [0.15, 0.2) is 0 Å². The van der Waals surface area contributed by atoms with Crippen LogP contribution in [0.5, 0.6) is 11.5 Å². The lowest BCUT2D eigenvalue weighted by Crippen LogP contribution is -2.62. The number of rotatable bonds is 62. The number of aromatic nitrogens is 1. The second-order valence-electron chi connectivity index (χ2n) is 34.9. The summed E-state index contributed by atoms with van der Waals surface area (Å²) in [4.78, 5) is 253. The van der Waals surface area contributed by atoms with E-state index in [1.165, 1.54) is 81.1 Å². The van der Waals surface area contributed by atoms with Crippen LogP contribution in [0.25, 0.3) is 10.9 Å². The van der Waals surface area contributed by atoms with Crippen LogP contribution in [0.15, 0.2) is 79.0 Å². The van der Waals surface area contributed by atoms with Crippen LogP contribution in [0.2, 0.25) is 0 Å². The maximum absolute atomic E-state index is 14.8. The Hall–Kier alpha value is -12.5. The second kappa shape index (κ2) is 58.5. The Morgan fingerprint density at radius 3 is 1.25 bits per heavy atom. The van der Waals surface area contributed by atoms with E-state index in [4.69, 9.17) is 22.9 Å². The number of carboxylic acids is 1. The molecule has 1 heterocycles. The highest BCUT2D eigenvalue weighted by Gasteiger charge is 2.40. The topological polar surface area (TPSA) is 688 Å². The molecule has 0 unspecified atom stereocenters. The molecule has 0 bridgehead atoms. The molecule has 0 saturated heterocycles. The zero-order valence-electron chi connectivity index (χ0n) is 78.4. The summed E-state index contributed by atoms with van der Waals surface area (Å²) in [5, 5.41) is 80.9. The minimum atomic E-state index is -1.81. The van der Waals surface area contributed by atoms with Crippen molar-refractivity contribution in [2.24, 2.45) is 46.6 Å². The maximum Gasteiger partial charge on any atom is 0.303 e. The quantitative estimate of drug-likeness (QED) is 0.0229. The number of aromatic amines is 1. The highest BCUT2D eigenvalue weighted by Crippen LogP contribution is 2.23. The summed E-state index contributed by atoms with van der Waals surface area (Å²) in [6.07, 6.45) is 0.962. The predicted molar refractivity (Wildman–Crippen MR) is 500 cm³/mol. The van der Waals surface area contributed by atoms with Crippen molar-refractivity contribution in [3.05, 3.63) is 95.7 Å². The number of phenols is 2. The van der Waals surface area contributed by atoms with Gasteiger partial charge in [-0.2, -0.15) is 11.8 Å². The molecule has 0 aliphatic rings. The first-order valence-corrected chi connectivity index (χ1v) is 46.6. The predicted octanol–water partition coefficient (Wildman–Crippen LogP) is -1.26. The molecule has 0 aliphatic heterocycles. The Balaban J connectivity index is 1.56. The van der Waals surface area contributed by atoms with Crippen molar-refractivity contribution in [3.63, 3.8) is 0 Å². The first-order valence-electron chi connectivity index (χ1n) is 45.2. The fraction of sp³-hybridized carbons (Fsp3) is 0.582. The van der Waals surface area contributed by atoms with E-state index in [0.29, 0.717) is 48.9 Å². The van der Waals surface area contributed by atoms with Gasteiger partial charge in [0.25, 0.3) is 0 Å². The van der Waals surface area contributed by atoms with E-state index in [9.17, 15) is 107 Å². The van der Waals surface area contributed by atoms with E-state index < -0.39 is 235 Å². The molecule has 1 aromatic heterocycles. The largest absolute Gasteiger partial charge is 0.508 e. The number of carbonyl (C=O) groups is 18. The molecule has 742 valence electrons. The molecule has 134 heavy (non-hydrogen) atoms. The smallest absolute Gasteiger partial charge is 0.303 e. The van der Waals surface area contributed by atoms with Gasteiger partial charge in [-0.25, -0.2) is 0 Å². The number of aliphatic carboxylic acids is 1. The van der Waals surface area contributed by atoms with Gasteiger partial charge >= 0.3 is 5.97 Å². The fourth-order valence-electron chi connectivity index (χ4n) is 14.4. The third kappa shape index (κ3) is 40.9. The van der Waals surface area contributed by atoms with Crippen LogP contribution in [0.3, 0.4) is 0 Å². The van der Waals surface area contributed by atoms with E-state index in [-0.39, 0.29) is 106 Å². The van der Waals surface area contributed by atoms with Crippen molar-refractivity contribution in [1.82, 2.24) is 84.7 Å². The van der Waals surface area contributed by atoms with Crippen LogP contribution in [0.4, 0.5) is 0 Å². The van der Waals surface area contributed by atoms with Crippen molar-refractivity contribution in [2.45, 2.75) is 282 Å². The van der Waals surface area contributed by atoms with Crippen LogP contribution >= 0.6 is 11.8 Å². The van der Waals surface area contributed by atoms with Crippen LogP contribution in [0.1, 0.15) is 189 Å². The average Bonchev–Trinajstić information content (AvgIpc) is 1.69. The first-order chi connectivity index (χ1) is 63.3. The zero-order chi connectivity index (χ0) is 100. The number of nitrogens with two attached hydrogens (primary N) is 4.